The number of benzene rings is 2. The van der Waals surface area contributed by atoms with Crippen LogP contribution >= 0.6 is 11.6 Å². The number of alkyl halides is 3. The van der Waals surface area contributed by atoms with E-state index in [1.54, 1.807) is 0 Å². The molecule has 13 heteroatoms. The molecule has 0 saturated carbocycles. The number of nitro groups is 1. The summed E-state index contributed by atoms with van der Waals surface area (Å²) in [6.07, 6.45) is -5.90. The molecule has 0 aromatic heterocycles. The third-order valence-electron chi connectivity index (χ3n) is 4.15. The van der Waals surface area contributed by atoms with Crippen molar-refractivity contribution in [1.82, 2.24) is 0 Å². The quantitative estimate of drug-likeness (QED) is 0.223. The maximum atomic E-state index is 14.1. The molecule has 0 aliphatic heterocycles. The van der Waals surface area contributed by atoms with Crippen molar-refractivity contribution in [1.29, 1.82) is 0 Å². The third kappa shape index (κ3) is 6.10. The topological polar surface area (TPSA) is 119 Å². The van der Waals surface area contributed by atoms with Gasteiger partial charge in [-0.05, 0) is 29.8 Å². The molecule has 0 heterocycles. The molecule has 0 amide bonds. The molecule has 0 fully saturated rings. The van der Waals surface area contributed by atoms with Crippen LogP contribution in [0.15, 0.2) is 41.6 Å². The van der Waals surface area contributed by atoms with E-state index >= 15 is 0 Å². The lowest BCUT2D eigenvalue weighted by Crippen LogP contribution is -2.27. The highest BCUT2D eigenvalue weighted by atomic mass is 35.5. The number of nitrogens with zero attached hydrogens (tertiary/aromatic N) is 2. The molecule has 31 heavy (non-hydrogen) atoms. The standard InChI is InChI=1S/C18H13ClF4N2O6/c19-12-7-10(18(21,22)23)8-13(20)17(12)31-11-3-1-2-9(6-11)16(24-28)14(25(29)30)4-5-15(26)27/h1-3,6-8,14,16H,4-5H2,(H,26,27). The van der Waals surface area contributed by atoms with Gasteiger partial charge < -0.3 is 9.84 Å². The number of nitroso groups, excluding NO2 is 1. The van der Waals surface area contributed by atoms with E-state index in [9.17, 15) is 37.4 Å². The van der Waals surface area contributed by atoms with Gasteiger partial charge in [0.1, 0.15) is 5.75 Å². The molecule has 0 radical (unpaired) electrons. The molecule has 2 rings (SSSR count). The number of aliphatic carboxylic acids is 1. The summed E-state index contributed by atoms with van der Waals surface area (Å²) in [6, 6.07) is 2.31. The molecule has 2 aromatic rings. The van der Waals surface area contributed by atoms with Crippen molar-refractivity contribution in [2.75, 3.05) is 0 Å². The number of hydrogen-bond donors (Lipinski definition) is 1. The highest BCUT2D eigenvalue weighted by molar-refractivity contribution is 6.32. The lowest BCUT2D eigenvalue weighted by molar-refractivity contribution is -0.527. The number of carboxylic acids is 1. The Hall–Kier alpha value is -3.28. The Morgan fingerprint density at radius 1 is 1.29 bits per heavy atom. The van der Waals surface area contributed by atoms with Crippen molar-refractivity contribution in [2.24, 2.45) is 5.18 Å². The van der Waals surface area contributed by atoms with Gasteiger partial charge in [-0.1, -0.05) is 28.9 Å². The number of rotatable bonds is 9. The summed E-state index contributed by atoms with van der Waals surface area (Å²) in [6.45, 7) is 0. The van der Waals surface area contributed by atoms with Crippen LogP contribution in [0.25, 0.3) is 0 Å². The van der Waals surface area contributed by atoms with E-state index in [2.05, 4.69) is 5.18 Å². The fourth-order valence-corrected chi connectivity index (χ4v) is 2.95. The van der Waals surface area contributed by atoms with Crippen molar-refractivity contribution in [3.63, 3.8) is 0 Å². The molecule has 8 nitrogen and oxygen atoms in total. The summed E-state index contributed by atoms with van der Waals surface area (Å²) < 4.78 is 57.6. The third-order valence-corrected chi connectivity index (χ3v) is 4.43. The zero-order chi connectivity index (χ0) is 23.3. The normalized spacial score (nSPS) is 13.3. The molecule has 0 bridgehead atoms. The molecular formula is C18H13ClF4N2O6. The second kappa shape index (κ2) is 9.69. The summed E-state index contributed by atoms with van der Waals surface area (Å²) >= 11 is 5.70. The smallest absolute Gasteiger partial charge is 0.416 e. The molecule has 0 aliphatic rings. The molecule has 0 aliphatic carbocycles. The first kappa shape index (κ1) is 24.0. The number of halogens is 5. The van der Waals surface area contributed by atoms with Gasteiger partial charge in [-0.3, -0.25) is 14.9 Å². The Balaban J connectivity index is 2.35. The number of hydrogen-bond acceptors (Lipinski definition) is 6. The fraction of sp³-hybridized carbons (Fsp3) is 0.278. The summed E-state index contributed by atoms with van der Waals surface area (Å²) in [5, 5.41) is 22.1. The number of ether oxygens (including phenoxy) is 1. The summed E-state index contributed by atoms with van der Waals surface area (Å²) in [7, 11) is 0. The first-order valence-electron chi connectivity index (χ1n) is 8.45. The van der Waals surface area contributed by atoms with Crippen LogP contribution in [0, 0.1) is 20.8 Å². The van der Waals surface area contributed by atoms with E-state index in [1.165, 1.54) is 18.2 Å². The Kier molecular flexibility index (Phi) is 7.50. The molecule has 2 aromatic carbocycles. The van der Waals surface area contributed by atoms with Gasteiger partial charge in [-0.2, -0.15) is 13.2 Å². The van der Waals surface area contributed by atoms with E-state index in [0.29, 0.717) is 6.07 Å². The van der Waals surface area contributed by atoms with Crippen molar-refractivity contribution in [3.05, 3.63) is 73.4 Å². The Bertz CT molecular complexity index is 978. The van der Waals surface area contributed by atoms with Gasteiger partial charge in [-0.25, -0.2) is 4.39 Å². The van der Waals surface area contributed by atoms with Gasteiger partial charge >= 0.3 is 12.1 Å². The van der Waals surface area contributed by atoms with E-state index < -0.39 is 64.1 Å². The minimum atomic E-state index is -4.83. The average Bonchev–Trinajstić information content (AvgIpc) is 2.66. The zero-order valence-corrected chi connectivity index (χ0v) is 16.1. The predicted octanol–water partition coefficient (Wildman–Crippen LogP) is 5.61. The Morgan fingerprint density at radius 2 is 1.97 bits per heavy atom. The predicted molar refractivity (Wildman–Crippen MR) is 99.1 cm³/mol. The molecule has 1 N–H and O–H groups in total. The highest BCUT2D eigenvalue weighted by Crippen LogP contribution is 2.39. The van der Waals surface area contributed by atoms with Crippen LogP contribution in [0.4, 0.5) is 17.6 Å². The molecule has 0 spiro atoms. The monoisotopic (exact) mass is 464 g/mol. The molecule has 166 valence electrons. The van der Waals surface area contributed by atoms with Gasteiger partial charge in [0.05, 0.1) is 17.0 Å². The van der Waals surface area contributed by atoms with E-state index in [1.807, 2.05) is 0 Å². The Morgan fingerprint density at radius 3 is 2.48 bits per heavy atom. The zero-order valence-electron chi connectivity index (χ0n) is 15.3. The maximum absolute atomic E-state index is 14.1. The largest absolute Gasteiger partial charge is 0.481 e. The van der Waals surface area contributed by atoms with Crippen molar-refractivity contribution in [2.45, 2.75) is 31.1 Å². The molecule has 2 unspecified atom stereocenters. The van der Waals surface area contributed by atoms with Crippen LogP contribution in [0.3, 0.4) is 0 Å². The second-order valence-electron chi connectivity index (χ2n) is 6.28. The second-order valence-corrected chi connectivity index (χ2v) is 6.68. The van der Waals surface area contributed by atoms with Gasteiger partial charge in [-0.15, -0.1) is 4.91 Å². The van der Waals surface area contributed by atoms with Crippen molar-refractivity contribution < 1.29 is 37.1 Å². The van der Waals surface area contributed by atoms with Crippen molar-refractivity contribution >= 4 is 17.6 Å². The van der Waals surface area contributed by atoms with Crippen LogP contribution in [-0.2, 0) is 11.0 Å². The summed E-state index contributed by atoms with van der Waals surface area (Å²) in [5.41, 5.74) is -1.36. The number of carbonyl (C=O) groups is 1. The van der Waals surface area contributed by atoms with E-state index in [0.717, 1.165) is 6.07 Å². The van der Waals surface area contributed by atoms with Gasteiger partial charge in [0.25, 0.3) is 0 Å². The SMILES string of the molecule is O=NC(c1cccc(Oc2c(F)cc(C(F)(F)F)cc2Cl)c1)C(CCC(=O)O)[N+](=O)[O-]. The minimum absolute atomic E-state index is 0.0389. The lowest BCUT2D eigenvalue weighted by atomic mass is 9.96. The average molecular weight is 465 g/mol. The van der Waals surface area contributed by atoms with Crippen LogP contribution in [0.2, 0.25) is 5.02 Å². The molecular weight excluding hydrogens is 452 g/mol. The van der Waals surface area contributed by atoms with Gasteiger partial charge in [0, 0.05) is 11.3 Å². The minimum Gasteiger partial charge on any atom is -0.481 e. The number of carboxylic acid groups (broad SMARTS) is 1. The Labute approximate surface area is 176 Å². The van der Waals surface area contributed by atoms with Crippen LogP contribution in [0.5, 0.6) is 11.5 Å². The van der Waals surface area contributed by atoms with Gasteiger partial charge in [0.15, 0.2) is 17.6 Å². The van der Waals surface area contributed by atoms with Crippen LogP contribution < -0.4 is 4.74 Å². The molecule has 2 atom stereocenters. The van der Waals surface area contributed by atoms with Gasteiger partial charge in [0.2, 0.25) is 6.04 Å². The van der Waals surface area contributed by atoms with E-state index in [-0.39, 0.29) is 17.4 Å². The van der Waals surface area contributed by atoms with Crippen LogP contribution in [0.1, 0.15) is 30.0 Å². The summed E-state index contributed by atoms with van der Waals surface area (Å²) in [4.78, 5) is 32.4. The fourth-order valence-electron chi connectivity index (χ4n) is 2.70. The first-order valence-corrected chi connectivity index (χ1v) is 8.83. The highest BCUT2D eigenvalue weighted by Gasteiger charge is 2.35. The first-order chi connectivity index (χ1) is 14.4. The van der Waals surface area contributed by atoms with Crippen molar-refractivity contribution in [3.8, 4) is 11.5 Å². The molecule has 0 saturated heterocycles. The van der Waals surface area contributed by atoms with E-state index in [4.69, 9.17) is 21.4 Å². The maximum Gasteiger partial charge on any atom is 0.416 e. The summed E-state index contributed by atoms with van der Waals surface area (Å²) in [5.74, 6) is -3.62. The lowest BCUT2D eigenvalue weighted by Gasteiger charge is -2.16. The van der Waals surface area contributed by atoms with Crippen LogP contribution in [-0.4, -0.2) is 22.0 Å².